The fraction of sp³-hybridized carbons (Fsp3) is 0.0526. The molecule has 2 nitrogen and oxygen atoms in total. The molecule has 4 aromatic rings. The van der Waals surface area contributed by atoms with E-state index in [4.69, 9.17) is 5.73 Å². The van der Waals surface area contributed by atoms with Crippen LogP contribution in [0.15, 0.2) is 180 Å². The molecule has 0 amide bonds. The number of nitrogens with zero attached hydrogens (tertiary/aromatic N) is 1. The second-order valence-corrected chi connectivity index (χ2v) is 10.9. The van der Waals surface area contributed by atoms with Gasteiger partial charge in [0.1, 0.15) is 0 Å². The summed E-state index contributed by atoms with van der Waals surface area (Å²) in [5, 5.41) is 1.11. The van der Waals surface area contributed by atoms with Crippen molar-refractivity contribution in [3.05, 3.63) is 191 Å². The van der Waals surface area contributed by atoms with Gasteiger partial charge in [0.05, 0.1) is 11.1 Å². The van der Waals surface area contributed by atoms with Gasteiger partial charge in [-0.15, -0.1) is 0 Å². The molecule has 202 valence electrons. The van der Waals surface area contributed by atoms with Gasteiger partial charge in [-0.05, 0) is 70.7 Å². The van der Waals surface area contributed by atoms with Crippen molar-refractivity contribution in [1.29, 1.82) is 0 Å². The third-order valence-corrected chi connectivity index (χ3v) is 8.29. The molecular weight excluding hydrogens is 516 g/mol. The lowest BCUT2D eigenvalue weighted by molar-refractivity contribution is 0.871. The lowest BCUT2D eigenvalue weighted by atomic mass is 9.99. The van der Waals surface area contributed by atoms with Crippen molar-refractivity contribution in [2.45, 2.75) is 13.0 Å². The molecule has 2 N–H and O–H groups in total. The molecule has 1 aliphatic heterocycles. The molecule has 1 unspecified atom stereocenters. The van der Waals surface area contributed by atoms with Gasteiger partial charge in [-0.25, -0.2) is 0 Å². The Hall–Kier alpha value is -4.57. The van der Waals surface area contributed by atoms with Gasteiger partial charge in [-0.1, -0.05) is 140 Å². The maximum atomic E-state index is 6.76. The summed E-state index contributed by atoms with van der Waals surface area (Å²) in [6, 6.07) is 37.8. The predicted molar refractivity (Wildman–Crippen MR) is 179 cm³/mol. The van der Waals surface area contributed by atoms with Crippen LogP contribution in [0, 0.1) is 0 Å². The van der Waals surface area contributed by atoms with Crippen LogP contribution in [0.5, 0.6) is 0 Å². The fourth-order valence-corrected chi connectivity index (χ4v) is 5.83. The largest absolute Gasteiger partial charge is 0.320 e. The topological polar surface area (TPSA) is 29.3 Å². The van der Waals surface area contributed by atoms with Crippen molar-refractivity contribution < 1.29 is 0 Å². The monoisotopic (exact) mass is 550 g/mol. The van der Waals surface area contributed by atoms with Gasteiger partial charge in [0.15, 0.2) is 0 Å². The van der Waals surface area contributed by atoms with E-state index in [0.29, 0.717) is 0 Å². The average molecular weight is 551 g/mol. The van der Waals surface area contributed by atoms with Crippen LogP contribution in [0.1, 0.15) is 24.1 Å². The van der Waals surface area contributed by atoms with Crippen molar-refractivity contribution >= 4 is 23.1 Å². The Morgan fingerprint density at radius 1 is 0.732 bits per heavy atom. The molecule has 0 fully saturated rings. The maximum Gasteiger partial charge on any atom is 0.0876 e. The molecule has 5 rings (SSSR count). The number of thioether (sulfide) groups is 1. The molecule has 1 heterocycles. The molecule has 0 radical (unpaired) electrons. The Morgan fingerprint density at radius 3 is 2.10 bits per heavy atom. The SMILES string of the molecule is C=C/C=C\C=C1/SC(N(c2ccc(-c3ccccc3)cc2)c2cccc(C(N)c3ccccc3)c2)=C(C)C=CC1=C. The number of allylic oxidation sites excluding steroid dienone is 8. The van der Waals surface area contributed by atoms with Gasteiger partial charge in [-0.3, -0.25) is 0 Å². The maximum absolute atomic E-state index is 6.76. The highest BCUT2D eigenvalue weighted by Gasteiger charge is 2.22. The predicted octanol–water partition coefficient (Wildman–Crippen LogP) is 10.3. The van der Waals surface area contributed by atoms with Crippen LogP contribution in [0.2, 0.25) is 0 Å². The number of hydrogen-bond acceptors (Lipinski definition) is 3. The summed E-state index contributed by atoms with van der Waals surface area (Å²) in [6.45, 7) is 10.3. The van der Waals surface area contributed by atoms with Crippen molar-refractivity contribution in [3.8, 4) is 11.1 Å². The molecular formula is C38H34N2S. The Labute approximate surface area is 248 Å². The zero-order valence-corrected chi connectivity index (χ0v) is 24.1. The van der Waals surface area contributed by atoms with Crippen molar-refractivity contribution in [3.63, 3.8) is 0 Å². The second-order valence-electron chi connectivity index (χ2n) is 9.83. The first-order valence-electron chi connectivity index (χ1n) is 13.7. The van der Waals surface area contributed by atoms with Crippen LogP contribution in [-0.4, -0.2) is 0 Å². The molecule has 3 heteroatoms. The molecule has 1 aliphatic rings. The first-order valence-corrected chi connectivity index (χ1v) is 14.5. The summed E-state index contributed by atoms with van der Waals surface area (Å²) in [7, 11) is 0. The van der Waals surface area contributed by atoms with Gasteiger partial charge in [-0.2, -0.15) is 0 Å². The summed E-state index contributed by atoms with van der Waals surface area (Å²) in [4.78, 5) is 3.40. The summed E-state index contributed by atoms with van der Waals surface area (Å²) in [5.41, 5.74) is 15.5. The highest BCUT2D eigenvalue weighted by atomic mass is 32.2. The highest BCUT2D eigenvalue weighted by molar-refractivity contribution is 8.07. The number of hydrogen-bond donors (Lipinski definition) is 1. The van der Waals surface area contributed by atoms with Gasteiger partial charge >= 0.3 is 0 Å². The van der Waals surface area contributed by atoms with Gasteiger partial charge in [0.2, 0.25) is 0 Å². The normalized spacial score (nSPS) is 15.3. The van der Waals surface area contributed by atoms with Gasteiger partial charge in [0, 0.05) is 16.3 Å². The Kier molecular flexibility index (Phi) is 9.00. The van der Waals surface area contributed by atoms with Crippen molar-refractivity contribution in [2.24, 2.45) is 5.73 Å². The van der Waals surface area contributed by atoms with Crippen LogP contribution < -0.4 is 10.6 Å². The van der Waals surface area contributed by atoms with E-state index in [1.807, 2.05) is 36.4 Å². The van der Waals surface area contributed by atoms with E-state index in [1.54, 1.807) is 17.8 Å². The summed E-state index contributed by atoms with van der Waals surface area (Å²) >= 11 is 1.72. The van der Waals surface area contributed by atoms with E-state index in [0.717, 1.165) is 43.6 Å². The Morgan fingerprint density at radius 2 is 1.39 bits per heavy atom. The van der Waals surface area contributed by atoms with Crippen LogP contribution in [0.4, 0.5) is 11.4 Å². The van der Waals surface area contributed by atoms with E-state index in [-0.39, 0.29) is 6.04 Å². The minimum Gasteiger partial charge on any atom is -0.320 e. The molecule has 0 aromatic heterocycles. The van der Waals surface area contributed by atoms with Crippen LogP contribution >= 0.6 is 11.8 Å². The second kappa shape index (κ2) is 13.2. The third kappa shape index (κ3) is 6.60. The average Bonchev–Trinajstić information content (AvgIpc) is 3.16. The van der Waals surface area contributed by atoms with Gasteiger partial charge < -0.3 is 10.6 Å². The van der Waals surface area contributed by atoms with Gasteiger partial charge in [0.25, 0.3) is 0 Å². The summed E-state index contributed by atoms with van der Waals surface area (Å²) < 4.78 is 0. The lowest BCUT2D eigenvalue weighted by Crippen LogP contribution is -2.17. The molecule has 0 spiro atoms. The van der Waals surface area contributed by atoms with E-state index in [2.05, 4.69) is 128 Å². The first-order chi connectivity index (χ1) is 20.0. The number of rotatable bonds is 8. The lowest BCUT2D eigenvalue weighted by Gasteiger charge is -2.29. The van der Waals surface area contributed by atoms with E-state index < -0.39 is 0 Å². The molecule has 41 heavy (non-hydrogen) atoms. The van der Waals surface area contributed by atoms with Crippen LogP contribution in [0.25, 0.3) is 11.1 Å². The Bertz CT molecular complexity index is 1640. The fourth-order valence-electron chi connectivity index (χ4n) is 4.74. The first kappa shape index (κ1) is 28.0. The number of anilines is 2. The minimum atomic E-state index is -0.227. The zero-order chi connectivity index (χ0) is 28.6. The van der Waals surface area contributed by atoms with E-state index >= 15 is 0 Å². The zero-order valence-electron chi connectivity index (χ0n) is 23.3. The standard InChI is InChI=1S/C38H34N2S/c1-4-5-8-20-36-28(2)21-22-29(3)38(41-36)40(34-25-23-31(24-26-34)30-14-9-6-10-15-30)35-19-13-18-33(27-35)37(39)32-16-11-7-12-17-32/h4-27,37H,1-2,39H2,3H3/b8-5-,36-20-. The molecule has 0 saturated heterocycles. The summed E-state index contributed by atoms with van der Waals surface area (Å²) in [5.74, 6) is 0. The van der Waals surface area contributed by atoms with Crippen LogP contribution in [0.3, 0.4) is 0 Å². The van der Waals surface area contributed by atoms with Crippen molar-refractivity contribution in [1.82, 2.24) is 0 Å². The highest BCUT2D eigenvalue weighted by Crippen LogP contribution is 2.44. The molecule has 0 bridgehead atoms. The molecule has 0 saturated carbocycles. The number of nitrogens with two attached hydrogens (primary N) is 1. The molecule has 1 atom stereocenters. The minimum absolute atomic E-state index is 0.227. The van der Waals surface area contributed by atoms with E-state index in [1.165, 1.54) is 11.1 Å². The number of benzene rings is 4. The molecule has 4 aromatic carbocycles. The van der Waals surface area contributed by atoms with Crippen molar-refractivity contribution in [2.75, 3.05) is 4.90 Å². The van der Waals surface area contributed by atoms with E-state index in [9.17, 15) is 0 Å². The smallest absolute Gasteiger partial charge is 0.0876 e. The van der Waals surface area contributed by atoms with Crippen LogP contribution in [-0.2, 0) is 0 Å². The Balaban J connectivity index is 1.62. The summed E-state index contributed by atoms with van der Waals surface area (Å²) in [6.07, 6.45) is 12.0. The molecule has 0 aliphatic carbocycles. The quantitative estimate of drug-likeness (QED) is 0.221. The third-order valence-electron chi connectivity index (χ3n) is 6.97.